The highest BCUT2D eigenvalue weighted by molar-refractivity contribution is 4.86. The summed E-state index contributed by atoms with van der Waals surface area (Å²) in [5.41, 5.74) is 0.504. The highest BCUT2D eigenvalue weighted by atomic mass is 16.5. The third kappa shape index (κ3) is 4.84. The molecule has 96 valence electrons. The van der Waals surface area contributed by atoms with Crippen molar-refractivity contribution in [3.05, 3.63) is 0 Å². The van der Waals surface area contributed by atoms with E-state index in [4.69, 9.17) is 4.74 Å². The lowest BCUT2D eigenvalue weighted by Gasteiger charge is -2.39. The first-order valence-electron chi connectivity index (χ1n) is 6.78. The number of ether oxygens (including phenoxy) is 1. The standard InChI is InChI=1S/C14H29NO/c1-6-16-12(3)10-15-13-7-11(2)8-14(4,5)9-13/h11-13,15H,6-10H2,1-5H3. The van der Waals surface area contributed by atoms with Crippen molar-refractivity contribution in [2.45, 2.75) is 66.0 Å². The van der Waals surface area contributed by atoms with Crippen LogP contribution in [0.4, 0.5) is 0 Å². The van der Waals surface area contributed by atoms with Gasteiger partial charge in [0, 0.05) is 19.2 Å². The highest BCUT2D eigenvalue weighted by Crippen LogP contribution is 2.38. The summed E-state index contributed by atoms with van der Waals surface area (Å²) >= 11 is 0. The summed E-state index contributed by atoms with van der Waals surface area (Å²) in [6.45, 7) is 13.2. The summed E-state index contributed by atoms with van der Waals surface area (Å²) in [7, 11) is 0. The Morgan fingerprint density at radius 1 is 1.38 bits per heavy atom. The van der Waals surface area contributed by atoms with Gasteiger partial charge in [-0.1, -0.05) is 20.8 Å². The Bertz CT molecular complexity index is 203. The van der Waals surface area contributed by atoms with E-state index in [1.165, 1.54) is 19.3 Å². The van der Waals surface area contributed by atoms with Gasteiger partial charge in [0.1, 0.15) is 0 Å². The van der Waals surface area contributed by atoms with E-state index in [2.05, 4.69) is 39.9 Å². The van der Waals surface area contributed by atoms with Gasteiger partial charge in [-0.2, -0.15) is 0 Å². The third-order valence-corrected chi connectivity index (χ3v) is 3.53. The quantitative estimate of drug-likeness (QED) is 0.778. The van der Waals surface area contributed by atoms with Crippen LogP contribution in [0.5, 0.6) is 0 Å². The predicted molar refractivity (Wildman–Crippen MR) is 69.7 cm³/mol. The van der Waals surface area contributed by atoms with E-state index < -0.39 is 0 Å². The topological polar surface area (TPSA) is 21.3 Å². The van der Waals surface area contributed by atoms with Crippen molar-refractivity contribution < 1.29 is 4.74 Å². The molecule has 3 unspecified atom stereocenters. The molecule has 0 spiro atoms. The van der Waals surface area contributed by atoms with Gasteiger partial charge < -0.3 is 10.1 Å². The molecule has 1 saturated carbocycles. The van der Waals surface area contributed by atoms with Gasteiger partial charge in [-0.05, 0) is 44.4 Å². The molecule has 2 heteroatoms. The van der Waals surface area contributed by atoms with E-state index in [9.17, 15) is 0 Å². The molecule has 1 fully saturated rings. The fourth-order valence-corrected chi connectivity index (χ4v) is 3.18. The van der Waals surface area contributed by atoms with E-state index in [1.54, 1.807) is 0 Å². The van der Waals surface area contributed by atoms with Crippen molar-refractivity contribution in [3.8, 4) is 0 Å². The molecule has 16 heavy (non-hydrogen) atoms. The molecule has 0 aliphatic heterocycles. The summed E-state index contributed by atoms with van der Waals surface area (Å²) in [5.74, 6) is 0.851. The molecule has 0 aromatic heterocycles. The molecule has 0 saturated heterocycles. The molecule has 0 amide bonds. The Labute approximate surface area is 101 Å². The van der Waals surface area contributed by atoms with E-state index in [0.29, 0.717) is 17.6 Å². The zero-order valence-electron chi connectivity index (χ0n) is 11.7. The zero-order valence-corrected chi connectivity index (χ0v) is 11.7. The van der Waals surface area contributed by atoms with Gasteiger partial charge in [-0.15, -0.1) is 0 Å². The Kier molecular flexibility index (Phi) is 5.26. The summed E-state index contributed by atoms with van der Waals surface area (Å²) in [6, 6.07) is 0.682. The van der Waals surface area contributed by atoms with Crippen LogP contribution >= 0.6 is 0 Å². The first-order valence-corrected chi connectivity index (χ1v) is 6.78. The molecule has 0 bridgehead atoms. The van der Waals surface area contributed by atoms with Crippen molar-refractivity contribution in [3.63, 3.8) is 0 Å². The average Bonchev–Trinajstić information content (AvgIpc) is 2.12. The SMILES string of the molecule is CCOC(C)CNC1CC(C)CC(C)(C)C1. The van der Waals surface area contributed by atoms with Crippen LogP contribution < -0.4 is 5.32 Å². The molecule has 1 rings (SSSR count). The minimum atomic E-state index is 0.338. The van der Waals surface area contributed by atoms with Crippen LogP contribution in [-0.4, -0.2) is 25.3 Å². The second-order valence-corrected chi connectivity index (χ2v) is 6.28. The summed E-state index contributed by atoms with van der Waals surface area (Å²) in [4.78, 5) is 0. The maximum Gasteiger partial charge on any atom is 0.0671 e. The first kappa shape index (κ1) is 14.0. The molecule has 0 aromatic rings. The molecule has 0 radical (unpaired) electrons. The zero-order chi connectivity index (χ0) is 12.2. The van der Waals surface area contributed by atoms with E-state index in [0.717, 1.165) is 19.1 Å². The fraction of sp³-hybridized carbons (Fsp3) is 1.00. The van der Waals surface area contributed by atoms with Crippen molar-refractivity contribution in [2.24, 2.45) is 11.3 Å². The van der Waals surface area contributed by atoms with Gasteiger partial charge in [-0.3, -0.25) is 0 Å². The number of hydrogen-bond donors (Lipinski definition) is 1. The largest absolute Gasteiger partial charge is 0.377 e. The summed E-state index contributed by atoms with van der Waals surface area (Å²) in [5, 5.41) is 3.67. The minimum Gasteiger partial charge on any atom is -0.377 e. The van der Waals surface area contributed by atoms with Crippen LogP contribution in [0, 0.1) is 11.3 Å². The molecule has 2 nitrogen and oxygen atoms in total. The molecular formula is C14H29NO. The smallest absolute Gasteiger partial charge is 0.0671 e. The Morgan fingerprint density at radius 3 is 2.62 bits per heavy atom. The first-order chi connectivity index (χ1) is 7.43. The van der Waals surface area contributed by atoms with Crippen LogP contribution in [0.25, 0.3) is 0 Å². The maximum absolute atomic E-state index is 5.55. The van der Waals surface area contributed by atoms with Crippen molar-refractivity contribution >= 4 is 0 Å². The number of hydrogen-bond acceptors (Lipinski definition) is 2. The van der Waals surface area contributed by atoms with Gasteiger partial charge in [0.05, 0.1) is 6.10 Å². The van der Waals surface area contributed by atoms with Gasteiger partial charge in [0.15, 0.2) is 0 Å². The Hall–Kier alpha value is -0.0800. The van der Waals surface area contributed by atoms with Crippen LogP contribution in [0.3, 0.4) is 0 Å². The monoisotopic (exact) mass is 227 g/mol. The summed E-state index contributed by atoms with van der Waals surface area (Å²) in [6.07, 6.45) is 4.33. The van der Waals surface area contributed by atoms with Gasteiger partial charge >= 0.3 is 0 Å². The van der Waals surface area contributed by atoms with E-state index >= 15 is 0 Å². The molecule has 3 atom stereocenters. The van der Waals surface area contributed by atoms with Crippen molar-refractivity contribution in [2.75, 3.05) is 13.2 Å². The van der Waals surface area contributed by atoms with Gasteiger partial charge in [0.25, 0.3) is 0 Å². The van der Waals surface area contributed by atoms with Crippen LogP contribution in [0.15, 0.2) is 0 Å². The third-order valence-electron chi connectivity index (χ3n) is 3.53. The fourth-order valence-electron chi connectivity index (χ4n) is 3.18. The highest BCUT2D eigenvalue weighted by Gasteiger charge is 2.31. The van der Waals surface area contributed by atoms with Crippen LogP contribution in [0.1, 0.15) is 53.9 Å². The van der Waals surface area contributed by atoms with Crippen LogP contribution in [-0.2, 0) is 4.74 Å². The lowest BCUT2D eigenvalue weighted by molar-refractivity contribution is 0.0666. The van der Waals surface area contributed by atoms with E-state index in [-0.39, 0.29) is 0 Å². The van der Waals surface area contributed by atoms with Crippen molar-refractivity contribution in [1.82, 2.24) is 5.32 Å². The van der Waals surface area contributed by atoms with E-state index in [1.807, 2.05) is 0 Å². The normalized spacial score (nSPS) is 31.3. The molecule has 0 heterocycles. The minimum absolute atomic E-state index is 0.338. The number of nitrogens with one attached hydrogen (secondary N) is 1. The molecule has 1 N–H and O–H groups in total. The molecule has 0 aromatic carbocycles. The Balaban J connectivity index is 2.31. The lowest BCUT2D eigenvalue weighted by Crippen LogP contribution is -2.43. The molecular weight excluding hydrogens is 198 g/mol. The lowest BCUT2D eigenvalue weighted by atomic mass is 9.70. The molecule has 1 aliphatic rings. The molecule has 1 aliphatic carbocycles. The second-order valence-electron chi connectivity index (χ2n) is 6.28. The number of rotatable bonds is 5. The van der Waals surface area contributed by atoms with Crippen LogP contribution in [0.2, 0.25) is 0 Å². The Morgan fingerprint density at radius 2 is 2.06 bits per heavy atom. The second kappa shape index (κ2) is 6.02. The summed E-state index contributed by atoms with van der Waals surface area (Å²) < 4.78 is 5.55. The van der Waals surface area contributed by atoms with Gasteiger partial charge in [0.2, 0.25) is 0 Å². The maximum atomic E-state index is 5.55. The predicted octanol–water partition coefficient (Wildman–Crippen LogP) is 3.22. The van der Waals surface area contributed by atoms with Crippen molar-refractivity contribution in [1.29, 1.82) is 0 Å². The average molecular weight is 227 g/mol. The van der Waals surface area contributed by atoms with Gasteiger partial charge in [-0.25, -0.2) is 0 Å².